The molecule has 2 aromatic rings. The van der Waals surface area contributed by atoms with Gasteiger partial charge in [0, 0.05) is 20.0 Å². The number of nitro groups is 1. The number of hydrogen-bond donors (Lipinski definition) is 1. The summed E-state index contributed by atoms with van der Waals surface area (Å²) in [4.78, 5) is 35.0. The fourth-order valence-electron chi connectivity index (χ4n) is 2.76. The minimum Gasteiger partial charge on any atom is -0.482 e. The van der Waals surface area contributed by atoms with Gasteiger partial charge in [0.1, 0.15) is 17.1 Å². The number of aromatic nitrogens is 2. The highest BCUT2D eigenvalue weighted by atomic mass is 16.6. The van der Waals surface area contributed by atoms with Crippen LogP contribution >= 0.6 is 0 Å². The highest BCUT2D eigenvalue weighted by molar-refractivity contribution is 5.75. The highest BCUT2D eigenvalue weighted by Gasteiger charge is 2.22. The molecule has 0 aliphatic heterocycles. The highest BCUT2D eigenvalue weighted by Crippen LogP contribution is 2.22. The second-order valence-corrected chi connectivity index (χ2v) is 6.33. The zero-order chi connectivity index (χ0) is 20.8. The molecule has 1 heterocycles. The van der Waals surface area contributed by atoms with Gasteiger partial charge in [0.15, 0.2) is 6.61 Å². The molecule has 0 saturated carbocycles. The molecule has 0 radical (unpaired) electrons. The third kappa shape index (κ3) is 5.29. The Morgan fingerprint density at radius 2 is 1.93 bits per heavy atom. The number of hydrogen-bond acceptors (Lipinski definition) is 6. The Kier molecular flexibility index (Phi) is 6.69. The number of aryl methyl sites for hydroxylation is 2. The summed E-state index contributed by atoms with van der Waals surface area (Å²) in [6.07, 6.45) is 0.162. The maximum atomic E-state index is 12.4. The number of amides is 1. The van der Waals surface area contributed by atoms with Crippen LogP contribution in [0.3, 0.4) is 0 Å². The number of benzene rings is 1. The molecule has 1 aromatic heterocycles. The van der Waals surface area contributed by atoms with E-state index in [4.69, 9.17) is 9.84 Å². The summed E-state index contributed by atoms with van der Waals surface area (Å²) < 4.78 is 6.54. The second-order valence-electron chi connectivity index (χ2n) is 6.33. The van der Waals surface area contributed by atoms with Crippen LogP contribution < -0.4 is 4.74 Å². The van der Waals surface area contributed by atoms with Gasteiger partial charge in [-0.3, -0.25) is 19.6 Å². The Hall–Kier alpha value is -3.43. The van der Waals surface area contributed by atoms with Gasteiger partial charge in [-0.25, -0.2) is 4.79 Å². The predicted octanol–water partition coefficient (Wildman–Crippen LogP) is 1.92. The van der Waals surface area contributed by atoms with Gasteiger partial charge in [-0.2, -0.15) is 5.10 Å². The van der Waals surface area contributed by atoms with E-state index < -0.39 is 17.5 Å². The zero-order valence-electron chi connectivity index (χ0n) is 15.9. The molecule has 0 aliphatic rings. The third-order valence-electron chi connectivity index (χ3n) is 4.19. The summed E-state index contributed by atoms with van der Waals surface area (Å²) in [5, 5.41) is 23.8. The number of rotatable bonds is 9. The molecule has 10 heteroatoms. The van der Waals surface area contributed by atoms with E-state index in [-0.39, 0.29) is 24.6 Å². The lowest BCUT2D eigenvalue weighted by molar-refractivity contribution is -0.386. The first-order chi connectivity index (χ1) is 13.2. The van der Waals surface area contributed by atoms with Crippen molar-refractivity contribution in [3.05, 3.63) is 51.3 Å². The standard InChI is InChI=1S/C18H22N4O6/c1-12-18(22(26)27)13(2)21(19-12)9-8-16(23)20(3)10-14-4-6-15(7-5-14)28-11-17(24)25/h4-7H,8-11H2,1-3H3,(H,24,25). The third-order valence-corrected chi connectivity index (χ3v) is 4.19. The second kappa shape index (κ2) is 8.98. The molecule has 1 amide bonds. The average Bonchev–Trinajstić information content (AvgIpc) is 2.92. The summed E-state index contributed by atoms with van der Waals surface area (Å²) in [6, 6.07) is 6.80. The molecule has 1 aromatic carbocycles. The molecule has 1 N–H and O–H groups in total. The normalized spacial score (nSPS) is 10.5. The number of carbonyl (C=O) groups is 2. The SMILES string of the molecule is Cc1nn(CCC(=O)N(C)Cc2ccc(OCC(=O)O)cc2)c(C)c1[N+](=O)[O-]. The molecule has 0 aliphatic carbocycles. The molecule has 0 spiro atoms. The van der Waals surface area contributed by atoms with Gasteiger partial charge >= 0.3 is 11.7 Å². The van der Waals surface area contributed by atoms with Crippen molar-refractivity contribution in [2.24, 2.45) is 0 Å². The van der Waals surface area contributed by atoms with Gasteiger partial charge in [0.05, 0.1) is 11.5 Å². The van der Waals surface area contributed by atoms with Crippen LogP contribution in [0.2, 0.25) is 0 Å². The molecular weight excluding hydrogens is 368 g/mol. The van der Waals surface area contributed by atoms with Gasteiger partial charge in [-0.1, -0.05) is 12.1 Å². The summed E-state index contributed by atoms with van der Waals surface area (Å²) in [7, 11) is 1.67. The van der Waals surface area contributed by atoms with Crippen LogP contribution in [-0.4, -0.2) is 50.2 Å². The van der Waals surface area contributed by atoms with Crippen LogP contribution in [0.5, 0.6) is 5.75 Å². The lowest BCUT2D eigenvalue weighted by Crippen LogP contribution is -2.27. The molecule has 28 heavy (non-hydrogen) atoms. The molecule has 150 valence electrons. The fraction of sp³-hybridized carbons (Fsp3) is 0.389. The average molecular weight is 390 g/mol. The topological polar surface area (TPSA) is 128 Å². The zero-order valence-corrected chi connectivity index (χ0v) is 15.9. The number of nitrogens with zero attached hydrogens (tertiary/aromatic N) is 4. The largest absolute Gasteiger partial charge is 0.482 e. The van der Waals surface area contributed by atoms with E-state index >= 15 is 0 Å². The summed E-state index contributed by atoms with van der Waals surface area (Å²) in [5.74, 6) is -0.741. The smallest absolute Gasteiger partial charge is 0.341 e. The summed E-state index contributed by atoms with van der Waals surface area (Å²) in [5.41, 5.74) is 1.59. The molecule has 0 atom stereocenters. The molecular formula is C18H22N4O6. The van der Waals surface area contributed by atoms with Crippen LogP contribution in [0, 0.1) is 24.0 Å². The Labute approximate surface area is 161 Å². The van der Waals surface area contributed by atoms with E-state index in [2.05, 4.69) is 5.10 Å². The van der Waals surface area contributed by atoms with Gasteiger partial charge in [-0.15, -0.1) is 0 Å². The number of carboxylic acid groups (broad SMARTS) is 1. The predicted molar refractivity (Wildman–Crippen MR) is 99.0 cm³/mol. The minimum absolute atomic E-state index is 0.0222. The van der Waals surface area contributed by atoms with Crippen LogP contribution in [-0.2, 0) is 22.7 Å². The molecule has 0 bridgehead atoms. The maximum Gasteiger partial charge on any atom is 0.341 e. The van der Waals surface area contributed by atoms with Crippen molar-refractivity contribution in [1.29, 1.82) is 0 Å². The Morgan fingerprint density at radius 1 is 1.29 bits per heavy atom. The van der Waals surface area contributed by atoms with Crippen molar-refractivity contribution in [1.82, 2.24) is 14.7 Å². The van der Waals surface area contributed by atoms with Gasteiger partial charge in [0.2, 0.25) is 5.91 Å². The number of aliphatic carboxylic acids is 1. The van der Waals surface area contributed by atoms with Crippen LogP contribution in [0.4, 0.5) is 5.69 Å². The van der Waals surface area contributed by atoms with Crippen molar-refractivity contribution >= 4 is 17.6 Å². The van der Waals surface area contributed by atoms with Gasteiger partial charge in [-0.05, 0) is 31.5 Å². The summed E-state index contributed by atoms with van der Waals surface area (Å²) >= 11 is 0. The number of ether oxygens (including phenoxy) is 1. The first kappa shape index (κ1) is 20.9. The van der Waals surface area contributed by atoms with E-state index in [1.807, 2.05) is 0 Å². The first-order valence-corrected chi connectivity index (χ1v) is 8.55. The lowest BCUT2D eigenvalue weighted by Gasteiger charge is -2.17. The molecule has 2 rings (SSSR count). The quantitative estimate of drug-likeness (QED) is 0.512. The van der Waals surface area contributed by atoms with Crippen molar-refractivity contribution in [2.75, 3.05) is 13.7 Å². The molecule has 10 nitrogen and oxygen atoms in total. The minimum atomic E-state index is -1.05. The van der Waals surface area contributed by atoms with E-state index in [1.165, 1.54) is 4.68 Å². The molecule has 0 saturated heterocycles. The van der Waals surface area contributed by atoms with E-state index in [0.717, 1.165) is 5.56 Å². The van der Waals surface area contributed by atoms with E-state index in [1.54, 1.807) is 50.1 Å². The van der Waals surface area contributed by atoms with Crippen molar-refractivity contribution in [3.63, 3.8) is 0 Å². The number of carboxylic acids is 1. The maximum absolute atomic E-state index is 12.4. The van der Waals surface area contributed by atoms with Crippen molar-refractivity contribution < 1.29 is 24.4 Å². The van der Waals surface area contributed by atoms with Crippen LogP contribution in [0.25, 0.3) is 0 Å². The number of carbonyl (C=O) groups excluding carboxylic acids is 1. The Morgan fingerprint density at radius 3 is 2.46 bits per heavy atom. The molecule has 0 fully saturated rings. The monoisotopic (exact) mass is 390 g/mol. The lowest BCUT2D eigenvalue weighted by atomic mass is 10.2. The van der Waals surface area contributed by atoms with Crippen molar-refractivity contribution in [2.45, 2.75) is 33.4 Å². The Bertz CT molecular complexity index is 875. The summed E-state index contributed by atoms with van der Waals surface area (Å²) in [6.45, 7) is 3.39. The fourth-order valence-corrected chi connectivity index (χ4v) is 2.76. The van der Waals surface area contributed by atoms with E-state index in [9.17, 15) is 19.7 Å². The van der Waals surface area contributed by atoms with Crippen molar-refractivity contribution in [3.8, 4) is 5.75 Å². The Balaban J connectivity index is 1.90. The first-order valence-electron chi connectivity index (χ1n) is 8.55. The van der Waals surface area contributed by atoms with Gasteiger partial charge < -0.3 is 14.7 Å². The van der Waals surface area contributed by atoms with Crippen LogP contribution in [0.1, 0.15) is 23.4 Å². The van der Waals surface area contributed by atoms with Gasteiger partial charge in [0.25, 0.3) is 0 Å². The van der Waals surface area contributed by atoms with E-state index in [0.29, 0.717) is 23.7 Å². The molecule has 0 unspecified atom stereocenters. The van der Waals surface area contributed by atoms with Crippen LogP contribution in [0.15, 0.2) is 24.3 Å².